The van der Waals surface area contributed by atoms with Gasteiger partial charge < -0.3 is 9.84 Å². The second-order valence-electron chi connectivity index (χ2n) is 4.51. The predicted molar refractivity (Wildman–Crippen MR) is 68.5 cm³/mol. The summed E-state index contributed by atoms with van der Waals surface area (Å²) in [7, 11) is 0. The molecule has 1 unspecified atom stereocenters. The van der Waals surface area contributed by atoms with Crippen LogP contribution in [-0.2, 0) is 12.8 Å². The SMILES string of the molecule is OC(Cc1ccccn1)c1ccc2c(c1)CCO2. The lowest BCUT2D eigenvalue weighted by Crippen LogP contribution is -2.03. The van der Waals surface area contributed by atoms with Crippen LogP contribution in [0.2, 0.25) is 0 Å². The summed E-state index contributed by atoms with van der Waals surface area (Å²) < 4.78 is 5.46. The predicted octanol–water partition coefficient (Wildman–Crippen LogP) is 2.29. The average molecular weight is 241 g/mol. The molecule has 2 heterocycles. The standard InChI is InChI=1S/C15H15NO2/c17-14(10-13-3-1-2-7-16-13)11-4-5-15-12(9-11)6-8-18-15/h1-5,7,9,14,17H,6,8,10H2. The third kappa shape index (κ3) is 2.22. The van der Waals surface area contributed by atoms with Gasteiger partial charge in [0.1, 0.15) is 5.75 Å². The molecular formula is C15H15NO2. The molecule has 2 aromatic rings. The lowest BCUT2D eigenvalue weighted by atomic mass is 10.0. The van der Waals surface area contributed by atoms with Crippen LogP contribution in [0, 0.1) is 0 Å². The van der Waals surface area contributed by atoms with Gasteiger partial charge in [-0.2, -0.15) is 0 Å². The van der Waals surface area contributed by atoms with Gasteiger partial charge in [0.05, 0.1) is 12.7 Å². The highest BCUT2D eigenvalue weighted by molar-refractivity contribution is 5.40. The monoisotopic (exact) mass is 241 g/mol. The molecule has 92 valence electrons. The number of rotatable bonds is 3. The van der Waals surface area contributed by atoms with E-state index in [9.17, 15) is 5.11 Å². The molecule has 18 heavy (non-hydrogen) atoms. The van der Waals surface area contributed by atoms with Gasteiger partial charge in [0.25, 0.3) is 0 Å². The van der Waals surface area contributed by atoms with E-state index in [4.69, 9.17) is 4.74 Å². The molecule has 0 bridgehead atoms. The quantitative estimate of drug-likeness (QED) is 0.896. The molecule has 0 amide bonds. The summed E-state index contributed by atoms with van der Waals surface area (Å²) in [5, 5.41) is 10.2. The zero-order chi connectivity index (χ0) is 12.4. The van der Waals surface area contributed by atoms with Crippen LogP contribution in [0.3, 0.4) is 0 Å². The van der Waals surface area contributed by atoms with Gasteiger partial charge in [-0.05, 0) is 35.4 Å². The first-order chi connectivity index (χ1) is 8.83. The van der Waals surface area contributed by atoms with Crippen LogP contribution in [0.15, 0.2) is 42.6 Å². The topological polar surface area (TPSA) is 42.4 Å². The maximum atomic E-state index is 10.2. The Bertz CT molecular complexity index is 539. The van der Waals surface area contributed by atoms with Crippen LogP contribution in [0.5, 0.6) is 5.75 Å². The summed E-state index contributed by atoms with van der Waals surface area (Å²) in [6, 6.07) is 11.7. The van der Waals surface area contributed by atoms with E-state index in [1.165, 1.54) is 5.56 Å². The Morgan fingerprint density at radius 1 is 1.28 bits per heavy atom. The summed E-state index contributed by atoms with van der Waals surface area (Å²) in [5.74, 6) is 0.948. The molecule has 1 atom stereocenters. The summed E-state index contributed by atoms with van der Waals surface area (Å²) in [5.41, 5.74) is 3.03. The molecule has 0 aliphatic carbocycles. The van der Waals surface area contributed by atoms with Gasteiger partial charge in [0, 0.05) is 24.7 Å². The fourth-order valence-electron chi connectivity index (χ4n) is 2.25. The number of aliphatic hydroxyl groups is 1. The number of ether oxygens (including phenoxy) is 1. The molecule has 1 aliphatic heterocycles. The Morgan fingerprint density at radius 2 is 2.22 bits per heavy atom. The molecule has 1 N–H and O–H groups in total. The highest BCUT2D eigenvalue weighted by Gasteiger charge is 2.15. The maximum Gasteiger partial charge on any atom is 0.122 e. The third-order valence-electron chi connectivity index (χ3n) is 3.23. The van der Waals surface area contributed by atoms with Crippen molar-refractivity contribution in [1.82, 2.24) is 4.98 Å². The van der Waals surface area contributed by atoms with E-state index < -0.39 is 6.10 Å². The van der Waals surface area contributed by atoms with E-state index in [2.05, 4.69) is 4.98 Å². The highest BCUT2D eigenvalue weighted by atomic mass is 16.5. The number of fused-ring (bicyclic) bond motifs is 1. The smallest absolute Gasteiger partial charge is 0.122 e. The maximum absolute atomic E-state index is 10.2. The Hall–Kier alpha value is -1.87. The van der Waals surface area contributed by atoms with E-state index >= 15 is 0 Å². The molecule has 3 heteroatoms. The zero-order valence-corrected chi connectivity index (χ0v) is 10.0. The number of hydrogen-bond acceptors (Lipinski definition) is 3. The summed E-state index contributed by atoms with van der Waals surface area (Å²) in [6.07, 6.45) is 2.71. The normalized spacial score (nSPS) is 14.9. The molecule has 3 rings (SSSR count). The van der Waals surface area contributed by atoms with E-state index in [1.807, 2.05) is 36.4 Å². The van der Waals surface area contributed by atoms with Crippen LogP contribution < -0.4 is 4.74 Å². The van der Waals surface area contributed by atoms with Crippen molar-refractivity contribution in [3.05, 3.63) is 59.4 Å². The summed E-state index contributed by atoms with van der Waals surface area (Å²) >= 11 is 0. The van der Waals surface area contributed by atoms with Crippen molar-refractivity contribution in [2.45, 2.75) is 18.9 Å². The second kappa shape index (κ2) is 4.78. The number of benzene rings is 1. The van der Waals surface area contributed by atoms with Crippen LogP contribution in [0.4, 0.5) is 0 Å². The first kappa shape index (κ1) is 11.2. The van der Waals surface area contributed by atoms with Crippen LogP contribution in [-0.4, -0.2) is 16.7 Å². The molecule has 1 aromatic heterocycles. The molecule has 0 spiro atoms. The fraction of sp³-hybridized carbons (Fsp3) is 0.267. The largest absolute Gasteiger partial charge is 0.493 e. The van der Waals surface area contributed by atoms with E-state index in [1.54, 1.807) is 6.20 Å². The van der Waals surface area contributed by atoms with Crippen LogP contribution in [0.25, 0.3) is 0 Å². The van der Waals surface area contributed by atoms with E-state index in [0.29, 0.717) is 6.42 Å². The fourth-order valence-corrected chi connectivity index (χ4v) is 2.25. The minimum Gasteiger partial charge on any atom is -0.493 e. The second-order valence-corrected chi connectivity index (χ2v) is 4.51. The number of pyridine rings is 1. The summed E-state index contributed by atoms with van der Waals surface area (Å²) in [4.78, 5) is 4.23. The van der Waals surface area contributed by atoms with Gasteiger partial charge in [0.15, 0.2) is 0 Å². The highest BCUT2D eigenvalue weighted by Crippen LogP contribution is 2.29. The van der Waals surface area contributed by atoms with Gasteiger partial charge >= 0.3 is 0 Å². The molecule has 0 saturated carbocycles. The van der Waals surface area contributed by atoms with Gasteiger partial charge in [0.2, 0.25) is 0 Å². The Balaban J connectivity index is 1.78. The van der Waals surface area contributed by atoms with Crippen molar-refractivity contribution in [2.24, 2.45) is 0 Å². The van der Waals surface area contributed by atoms with Gasteiger partial charge in [-0.15, -0.1) is 0 Å². The molecule has 0 radical (unpaired) electrons. The molecule has 1 aromatic carbocycles. The molecule has 0 fully saturated rings. The third-order valence-corrected chi connectivity index (χ3v) is 3.23. The Morgan fingerprint density at radius 3 is 3.06 bits per heavy atom. The van der Waals surface area contributed by atoms with Gasteiger partial charge in [-0.3, -0.25) is 4.98 Å². The van der Waals surface area contributed by atoms with Crippen LogP contribution >= 0.6 is 0 Å². The molecule has 0 saturated heterocycles. The Kier molecular flexibility index (Phi) is 2.99. The van der Waals surface area contributed by atoms with Crippen LogP contribution in [0.1, 0.15) is 22.9 Å². The lowest BCUT2D eigenvalue weighted by Gasteiger charge is -2.11. The zero-order valence-electron chi connectivity index (χ0n) is 10.0. The van der Waals surface area contributed by atoms with E-state index in [-0.39, 0.29) is 0 Å². The first-order valence-electron chi connectivity index (χ1n) is 6.16. The van der Waals surface area contributed by atoms with Crippen molar-refractivity contribution >= 4 is 0 Å². The number of aromatic nitrogens is 1. The molecule has 1 aliphatic rings. The van der Waals surface area contributed by atoms with Crippen molar-refractivity contribution < 1.29 is 9.84 Å². The van der Waals surface area contributed by atoms with Crippen molar-refractivity contribution in [1.29, 1.82) is 0 Å². The van der Waals surface area contributed by atoms with Crippen molar-refractivity contribution in [3.63, 3.8) is 0 Å². The Labute approximate surface area is 106 Å². The minimum atomic E-state index is -0.509. The summed E-state index contributed by atoms with van der Waals surface area (Å²) in [6.45, 7) is 0.745. The van der Waals surface area contributed by atoms with E-state index in [0.717, 1.165) is 30.0 Å². The van der Waals surface area contributed by atoms with Gasteiger partial charge in [-0.1, -0.05) is 12.1 Å². The lowest BCUT2D eigenvalue weighted by molar-refractivity contribution is 0.177. The number of aliphatic hydroxyl groups excluding tert-OH is 1. The molecular weight excluding hydrogens is 226 g/mol. The average Bonchev–Trinajstić information content (AvgIpc) is 2.87. The minimum absolute atomic E-state index is 0.509. The van der Waals surface area contributed by atoms with Crippen molar-refractivity contribution in [2.75, 3.05) is 6.61 Å². The molecule has 3 nitrogen and oxygen atoms in total. The number of nitrogens with zero attached hydrogens (tertiary/aromatic N) is 1. The van der Waals surface area contributed by atoms with Gasteiger partial charge in [-0.25, -0.2) is 0 Å². The van der Waals surface area contributed by atoms with Crippen molar-refractivity contribution in [3.8, 4) is 5.75 Å². The number of hydrogen-bond donors (Lipinski definition) is 1. The first-order valence-corrected chi connectivity index (χ1v) is 6.16.